The van der Waals surface area contributed by atoms with Crippen molar-refractivity contribution in [2.24, 2.45) is 0 Å². The molecule has 1 fully saturated rings. The second-order valence-electron chi connectivity index (χ2n) is 7.07. The molecule has 1 atom stereocenters. The minimum Gasteiger partial charge on any atom is -0.383 e. The number of hydrogen-bond donors (Lipinski definition) is 2. The molecule has 0 spiro atoms. The molecule has 1 aliphatic heterocycles. The molecule has 3 aromatic rings. The summed E-state index contributed by atoms with van der Waals surface area (Å²) < 4.78 is 0. The largest absolute Gasteiger partial charge is 0.383 e. The van der Waals surface area contributed by atoms with Crippen LogP contribution in [0.2, 0.25) is 0 Å². The molecule has 0 saturated carbocycles. The number of aliphatic hydroxyl groups is 1. The van der Waals surface area contributed by atoms with Gasteiger partial charge in [0.25, 0.3) is 5.91 Å². The molecule has 2 heterocycles. The molecule has 0 radical (unpaired) electrons. The van der Waals surface area contributed by atoms with Gasteiger partial charge in [-0.25, -0.2) is 0 Å². The van der Waals surface area contributed by atoms with Gasteiger partial charge in [-0.3, -0.25) is 9.89 Å². The van der Waals surface area contributed by atoms with Crippen molar-refractivity contribution < 1.29 is 9.90 Å². The van der Waals surface area contributed by atoms with Gasteiger partial charge >= 0.3 is 0 Å². The number of carbonyl (C=O) groups is 1. The van der Waals surface area contributed by atoms with E-state index in [1.165, 1.54) is 0 Å². The minimum absolute atomic E-state index is 0.0451. The number of H-pyrrole nitrogens is 1. The predicted molar refractivity (Wildman–Crippen MR) is 104 cm³/mol. The van der Waals surface area contributed by atoms with Crippen LogP contribution >= 0.6 is 0 Å². The molecule has 2 N–H and O–H groups in total. The zero-order valence-electron chi connectivity index (χ0n) is 15.4. The lowest BCUT2D eigenvalue weighted by atomic mass is 9.93. The van der Waals surface area contributed by atoms with Gasteiger partial charge in [-0.15, -0.1) is 0 Å². The molecule has 0 unspecified atom stereocenters. The summed E-state index contributed by atoms with van der Waals surface area (Å²) in [6.45, 7) is 2.95. The van der Waals surface area contributed by atoms with Gasteiger partial charge in [0.2, 0.25) is 0 Å². The number of aryl methyl sites for hydroxylation is 1. The highest BCUT2D eigenvalue weighted by Crippen LogP contribution is 2.32. The van der Waals surface area contributed by atoms with Crippen LogP contribution in [-0.2, 0) is 12.0 Å². The average Bonchev–Trinajstić information content (AvgIpc) is 3.36. The maximum Gasteiger partial charge on any atom is 0.253 e. The molecule has 5 nitrogen and oxygen atoms in total. The number of benzene rings is 2. The summed E-state index contributed by atoms with van der Waals surface area (Å²) in [6.07, 6.45) is 3.24. The van der Waals surface area contributed by atoms with E-state index in [4.69, 9.17) is 0 Å². The fourth-order valence-electron chi connectivity index (χ4n) is 3.76. The van der Waals surface area contributed by atoms with E-state index < -0.39 is 5.60 Å². The maximum atomic E-state index is 12.9. The second kappa shape index (κ2) is 7.00. The molecule has 0 bridgehead atoms. The Balaban J connectivity index is 1.51. The highest BCUT2D eigenvalue weighted by molar-refractivity contribution is 5.95. The summed E-state index contributed by atoms with van der Waals surface area (Å²) in [5, 5.41) is 18.1. The lowest BCUT2D eigenvalue weighted by Crippen LogP contribution is -2.34. The minimum atomic E-state index is -0.969. The van der Waals surface area contributed by atoms with Crippen molar-refractivity contribution in [3.05, 3.63) is 77.6 Å². The molecule has 4 rings (SSSR count). The molecule has 1 aromatic heterocycles. The lowest BCUT2D eigenvalue weighted by Gasteiger charge is -2.24. The van der Waals surface area contributed by atoms with E-state index in [1.807, 2.05) is 60.8 Å². The molecule has 1 aliphatic rings. The molecular weight excluding hydrogens is 338 g/mol. The lowest BCUT2D eigenvalue weighted by molar-refractivity contribution is 0.0417. The molecule has 1 amide bonds. The first kappa shape index (κ1) is 17.5. The number of rotatable bonds is 4. The normalized spacial score (nSPS) is 19.4. The number of aromatic amines is 1. The van der Waals surface area contributed by atoms with Crippen LogP contribution in [0.15, 0.2) is 60.8 Å². The summed E-state index contributed by atoms with van der Waals surface area (Å²) in [5.74, 6) is -0.0451. The van der Waals surface area contributed by atoms with Gasteiger partial charge in [-0.05, 0) is 36.1 Å². The maximum absolute atomic E-state index is 12.9. The van der Waals surface area contributed by atoms with Crippen molar-refractivity contribution in [1.82, 2.24) is 15.1 Å². The summed E-state index contributed by atoms with van der Waals surface area (Å²) in [5.41, 5.74) is 3.72. The van der Waals surface area contributed by atoms with Crippen LogP contribution in [0.25, 0.3) is 11.1 Å². The quantitative estimate of drug-likeness (QED) is 0.748. The van der Waals surface area contributed by atoms with E-state index in [9.17, 15) is 9.90 Å². The van der Waals surface area contributed by atoms with Crippen molar-refractivity contribution >= 4 is 5.91 Å². The number of amides is 1. The van der Waals surface area contributed by atoms with Crippen molar-refractivity contribution in [1.29, 1.82) is 0 Å². The zero-order valence-corrected chi connectivity index (χ0v) is 15.4. The molecule has 138 valence electrons. The van der Waals surface area contributed by atoms with Gasteiger partial charge in [0.05, 0.1) is 12.7 Å². The number of nitrogens with one attached hydrogen (secondary N) is 1. The van der Waals surface area contributed by atoms with E-state index in [0.717, 1.165) is 28.8 Å². The Morgan fingerprint density at radius 2 is 1.93 bits per heavy atom. The number of likely N-dealkylation sites (tertiary alicyclic amines) is 1. The number of carbonyl (C=O) groups excluding carboxylic acids is 1. The van der Waals surface area contributed by atoms with E-state index in [0.29, 0.717) is 25.1 Å². The van der Waals surface area contributed by atoms with Crippen LogP contribution < -0.4 is 0 Å². The molecule has 0 aliphatic carbocycles. The smallest absolute Gasteiger partial charge is 0.253 e. The van der Waals surface area contributed by atoms with Crippen molar-refractivity contribution in [3.63, 3.8) is 0 Å². The fraction of sp³-hybridized carbons (Fsp3) is 0.273. The Hall–Kier alpha value is -2.92. The van der Waals surface area contributed by atoms with Crippen molar-refractivity contribution in [2.75, 3.05) is 13.1 Å². The standard InChI is InChI=1S/C22H23N3O2/c1-2-20-19(14-23-24-20)16-8-10-17(11-9-16)21(26)25-13-12-22(27,15-25)18-6-4-3-5-7-18/h3-11,14,27H,2,12-13,15H2,1H3,(H,23,24)/t22-/m0/s1. The molecule has 1 saturated heterocycles. The predicted octanol–water partition coefficient (Wildman–Crippen LogP) is 3.37. The van der Waals surface area contributed by atoms with Gasteiger partial charge in [-0.1, -0.05) is 49.4 Å². The van der Waals surface area contributed by atoms with Crippen LogP contribution in [0.3, 0.4) is 0 Å². The Labute approximate surface area is 158 Å². The third kappa shape index (κ3) is 3.26. The topological polar surface area (TPSA) is 69.2 Å². The van der Waals surface area contributed by atoms with Gasteiger partial charge in [0, 0.05) is 23.4 Å². The third-order valence-corrected chi connectivity index (χ3v) is 5.36. The first-order valence-corrected chi connectivity index (χ1v) is 9.30. The summed E-state index contributed by atoms with van der Waals surface area (Å²) in [4.78, 5) is 14.6. The SMILES string of the molecule is CCc1[nH]ncc1-c1ccc(C(=O)N2CC[C@@](O)(c3ccccc3)C2)cc1. The first-order valence-electron chi connectivity index (χ1n) is 9.30. The summed E-state index contributed by atoms with van der Waals surface area (Å²) in [6, 6.07) is 17.2. The van der Waals surface area contributed by atoms with Gasteiger partial charge in [0.15, 0.2) is 0 Å². The number of aromatic nitrogens is 2. The van der Waals surface area contributed by atoms with Crippen molar-refractivity contribution in [3.8, 4) is 11.1 Å². The highest BCUT2D eigenvalue weighted by atomic mass is 16.3. The number of β-amino-alcohol motifs (C(OH)–C–C–N with tert-alkyl or cyclic N) is 1. The van der Waals surface area contributed by atoms with Gasteiger partial charge in [0.1, 0.15) is 5.60 Å². The summed E-state index contributed by atoms with van der Waals surface area (Å²) >= 11 is 0. The van der Waals surface area contributed by atoms with E-state index in [-0.39, 0.29) is 5.91 Å². The highest BCUT2D eigenvalue weighted by Gasteiger charge is 2.39. The Morgan fingerprint density at radius 1 is 1.19 bits per heavy atom. The number of nitrogens with zero attached hydrogens (tertiary/aromatic N) is 2. The van der Waals surface area contributed by atoms with Crippen LogP contribution in [-0.4, -0.2) is 39.2 Å². The monoisotopic (exact) mass is 361 g/mol. The van der Waals surface area contributed by atoms with Crippen LogP contribution in [0, 0.1) is 0 Å². The van der Waals surface area contributed by atoms with Crippen LogP contribution in [0.4, 0.5) is 0 Å². The second-order valence-corrected chi connectivity index (χ2v) is 7.07. The average molecular weight is 361 g/mol. The first-order chi connectivity index (χ1) is 13.1. The van der Waals surface area contributed by atoms with Crippen molar-refractivity contribution in [2.45, 2.75) is 25.4 Å². The Kier molecular flexibility index (Phi) is 4.54. The van der Waals surface area contributed by atoms with E-state index >= 15 is 0 Å². The number of hydrogen-bond acceptors (Lipinski definition) is 3. The van der Waals surface area contributed by atoms with Crippen LogP contribution in [0.1, 0.15) is 35.0 Å². The molecule has 27 heavy (non-hydrogen) atoms. The Bertz CT molecular complexity index is 934. The Morgan fingerprint density at radius 3 is 2.63 bits per heavy atom. The zero-order chi connectivity index (χ0) is 18.9. The van der Waals surface area contributed by atoms with E-state index in [2.05, 4.69) is 17.1 Å². The van der Waals surface area contributed by atoms with Gasteiger partial charge < -0.3 is 10.0 Å². The fourth-order valence-corrected chi connectivity index (χ4v) is 3.76. The molecule has 5 heteroatoms. The third-order valence-electron chi connectivity index (χ3n) is 5.36. The van der Waals surface area contributed by atoms with Gasteiger partial charge in [-0.2, -0.15) is 5.10 Å². The van der Waals surface area contributed by atoms with Crippen LogP contribution in [0.5, 0.6) is 0 Å². The molecule has 2 aromatic carbocycles. The molecular formula is C22H23N3O2. The van der Waals surface area contributed by atoms with E-state index in [1.54, 1.807) is 4.90 Å². The summed E-state index contributed by atoms with van der Waals surface area (Å²) in [7, 11) is 0.